The molecule has 142 valence electrons. The van der Waals surface area contributed by atoms with Crippen LogP contribution in [0, 0.1) is 6.92 Å². The third-order valence-electron chi connectivity index (χ3n) is 4.67. The van der Waals surface area contributed by atoms with Gasteiger partial charge in [-0.3, -0.25) is 4.79 Å². The number of piperazine rings is 1. The summed E-state index contributed by atoms with van der Waals surface area (Å²) >= 11 is 0. The summed E-state index contributed by atoms with van der Waals surface area (Å²) in [6, 6.07) is 13.7. The zero-order valence-electron chi connectivity index (χ0n) is 15.7. The molecular weight excluding hydrogens is 354 g/mol. The molecule has 3 heterocycles. The smallest absolute Gasteiger partial charge is 0.246 e. The van der Waals surface area contributed by atoms with E-state index < -0.39 is 0 Å². The Morgan fingerprint density at radius 2 is 1.86 bits per heavy atom. The summed E-state index contributed by atoms with van der Waals surface area (Å²) in [4.78, 5) is 25.2. The maximum atomic E-state index is 12.4. The van der Waals surface area contributed by atoms with Gasteiger partial charge in [0.1, 0.15) is 5.82 Å². The number of anilines is 1. The van der Waals surface area contributed by atoms with E-state index in [1.807, 2.05) is 53.4 Å². The minimum absolute atomic E-state index is 0.0410. The number of carbonyl (C=O) groups excluding carboxylic acids is 1. The van der Waals surface area contributed by atoms with E-state index in [-0.39, 0.29) is 5.91 Å². The Morgan fingerprint density at radius 3 is 2.50 bits per heavy atom. The monoisotopic (exact) mass is 375 g/mol. The van der Waals surface area contributed by atoms with Crippen LogP contribution < -0.4 is 4.90 Å². The molecule has 28 heavy (non-hydrogen) atoms. The van der Waals surface area contributed by atoms with Crippen LogP contribution in [0.3, 0.4) is 0 Å². The van der Waals surface area contributed by atoms with Gasteiger partial charge in [-0.2, -0.15) is 4.98 Å². The highest BCUT2D eigenvalue weighted by Gasteiger charge is 2.20. The number of carbonyl (C=O) groups is 1. The Balaban J connectivity index is 1.33. The first-order valence-electron chi connectivity index (χ1n) is 9.23. The van der Waals surface area contributed by atoms with Gasteiger partial charge in [-0.15, -0.1) is 0 Å². The molecule has 4 rings (SSSR count). The van der Waals surface area contributed by atoms with Crippen LogP contribution in [0.5, 0.6) is 0 Å². The van der Waals surface area contributed by atoms with Crippen molar-refractivity contribution in [1.29, 1.82) is 0 Å². The van der Waals surface area contributed by atoms with Gasteiger partial charge in [0.05, 0.1) is 0 Å². The minimum atomic E-state index is 0.0410. The van der Waals surface area contributed by atoms with Crippen LogP contribution in [-0.4, -0.2) is 52.1 Å². The SMILES string of the molecule is Cc1nc(-c2ccc(N3CCN(C(=O)/C=C/c4ccccc4)CC3)nc2)no1. The van der Waals surface area contributed by atoms with Crippen molar-refractivity contribution in [3.05, 3.63) is 66.2 Å². The van der Waals surface area contributed by atoms with Crippen molar-refractivity contribution in [2.24, 2.45) is 0 Å². The van der Waals surface area contributed by atoms with Gasteiger partial charge in [0.15, 0.2) is 0 Å². The summed E-state index contributed by atoms with van der Waals surface area (Å²) in [7, 11) is 0. The van der Waals surface area contributed by atoms with Gasteiger partial charge in [-0.1, -0.05) is 35.5 Å². The summed E-state index contributed by atoms with van der Waals surface area (Å²) in [6.07, 6.45) is 5.25. The summed E-state index contributed by atoms with van der Waals surface area (Å²) in [5.74, 6) is 1.99. The lowest BCUT2D eigenvalue weighted by molar-refractivity contribution is -0.126. The number of nitrogens with zero attached hydrogens (tertiary/aromatic N) is 5. The molecule has 0 N–H and O–H groups in total. The lowest BCUT2D eigenvalue weighted by Crippen LogP contribution is -2.48. The van der Waals surface area contributed by atoms with Crippen LogP contribution in [0.4, 0.5) is 5.82 Å². The van der Waals surface area contributed by atoms with Crippen LogP contribution in [-0.2, 0) is 4.79 Å². The van der Waals surface area contributed by atoms with Gasteiger partial charge in [0.25, 0.3) is 0 Å². The van der Waals surface area contributed by atoms with Crippen molar-refractivity contribution in [3.63, 3.8) is 0 Å². The fraction of sp³-hybridized carbons (Fsp3) is 0.238. The molecule has 3 aromatic rings. The van der Waals surface area contributed by atoms with Gasteiger partial charge in [0, 0.05) is 50.9 Å². The van der Waals surface area contributed by atoms with E-state index in [4.69, 9.17) is 4.52 Å². The fourth-order valence-corrected chi connectivity index (χ4v) is 3.11. The maximum absolute atomic E-state index is 12.4. The zero-order chi connectivity index (χ0) is 19.3. The first-order valence-corrected chi connectivity index (χ1v) is 9.23. The van der Waals surface area contributed by atoms with Crippen molar-refractivity contribution in [2.75, 3.05) is 31.1 Å². The largest absolute Gasteiger partial charge is 0.353 e. The fourth-order valence-electron chi connectivity index (χ4n) is 3.11. The van der Waals surface area contributed by atoms with Crippen molar-refractivity contribution in [3.8, 4) is 11.4 Å². The first kappa shape index (κ1) is 17.9. The molecule has 0 bridgehead atoms. The van der Waals surface area contributed by atoms with Crippen LogP contribution in [0.15, 0.2) is 59.3 Å². The lowest BCUT2D eigenvalue weighted by Gasteiger charge is -2.35. The molecule has 0 radical (unpaired) electrons. The summed E-state index contributed by atoms with van der Waals surface area (Å²) in [6.45, 7) is 4.60. The molecule has 0 saturated carbocycles. The molecule has 0 unspecified atom stereocenters. The summed E-state index contributed by atoms with van der Waals surface area (Å²) in [5, 5.41) is 3.91. The predicted octanol–water partition coefficient (Wildman–Crippen LogP) is 2.80. The van der Waals surface area contributed by atoms with Gasteiger partial charge in [0.2, 0.25) is 17.6 Å². The van der Waals surface area contributed by atoms with E-state index in [0.29, 0.717) is 24.8 Å². The molecule has 1 fully saturated rings. The number of aryl methyl sites for hydroxylation is 1. The number of pyridine rings is 1. The Morgan fingerprint density at radius 1 is 1.07 bits per heavy atom. The van der Waals surface area contributed by atoms with Crippen LogP contribution in [0.1, 0.15) is 11.5 Å². The molecule has 0 atom stereocenters. The molecule has 1 aromatic carbocycles. The molecule has 1 amide bonds. The number of benzene rings is 1. The second kappa shape index (κ2) is 8.04. The van der Waals surface area contributed by atoms with Crippen molar-refractivity contribution >= 4 is 17.8 Å². The Labute approximate surface area is 163 Å². The lowest BCUT2D eigenvalue weighted by atomic mass is 10.2. The number of hydrogen-bond donors (Lipinski definition) is 0. The molecular formula is C21H21N5O2. The first-order chi connectivity index (χ1) is 13.7. The van der Waals surface area contributed by atoms with Crippen molar-refractivity contribution < 1.29 is 9.32 Å². The molecule has 7 heteroatoms. The van der Waals surface area contributed by atoms with E-state index in [1.54, 1.807) is 19.2 Å². The van der Waals surface area contributed by atoms with Gasteiger partial charge >= 0.3 is 0 Å². The average molecular weight is 375 g/mol. The van der Waals surface area contributed by atoms with Gasteiger partial charge < -0.3 is 14.3 Å². The maximum Gasteiger partial charge on any atom is 0.246 e. The number of amides is 1. The number of rotatable bonds is 4. The van der Waals surface area contributed by atoms with E-state index in [0.717, 1.165) is 30.0 Å². The highest BCUT2D eigenvalue weighted by molar-refractivity contribution is 5.91. The van der Waals surface area contributed by atoms with Crippen LogP contribution in [0.25, 0.3) is 17.5 Å². The molecule has 1 aliphatic heterocycles. The van der Waals surface area contributed by atoms with E-state index >= 15 is 0 Å². The van der Waals surface area contributed by atoms with Crippen LogP contribution in [0.2, 0.25) is 0 Å². The molecule has 7 nitrogen and oxygen atoms in total. The molecule has 1 saturated heterocycles. The normalized spacial score (nSPS) is 14.6. The quantitative estimate of drug-likeness (QED) is 0.653. The standard InChI is InChI=1S/C21H21N5O2/c1-16-23-21(24-28-16)18-8-9-19(22-15-18)25-11-13-26(14-12-25)20(27)10-7-17-5-3-2-4-6-17/h2-10,15H,11-14H2,1H3/b10-7+. The zero-order valence-corrected chi connectivity index (χ0v) is 15.7. The summed E-state index contributed by atoms with van der Waals surface area (Å²) in [5.41, 5.74) is 1.84. The molecule has 0 spiro atoms. The van der Waals surface area contributed by atoms with Crippen molar-refractivity contribution in [2.45, 2.75) is 6.92 Å². The summed E-state index contributed by atoms with van der Waals surface area (Å²) < 4.78 is 5.01. The van der Waals surface area contributed by atoms with Gasteiger partial charge in [-0.25, -0.2) is 4.98 Å². The Kier molecular flexibility index (Phi) is 5.14. The van der Waals surface area contributed by atoms with Gasteiger partial charge in [-0.05, 0) is 23.8 Å². The van der Waals surface area contributed by atoms with Crippen molar-refractivity contribution in [1.82, 2.24) is 20.0 Å². The van der Waals surface area contributed by atoms with E-state index in [9.17, 15) is 4.79 Å². The molecule has 1 aliphatic rings. The minimum Gasteiger partial charge on any atom is -0.353 e. The average Bonchev–Trinajstić information content (AvgIpc) is 3.19. The predicted molar refractivity (Wildman–Crippen MR) is 107 cm³/mol. The topological polar surface area (TPSA) is 75.4 Å². The molecule has 0 aliphatic carbocycles. The highest BCUT2D eigenvalue weighted by atomic mass is 16.5. The van der Waals surface area contributed by atoms with Crippen LogP contribution >= 0.6 is 0 Å². The number of aromatic nitrogens is 3. The number of hydrogen-bond acceptors (Lipinski definition) is 6. The third-order valence-corrected chi connectivity index (χ3v) is 4.67. The Bertz CT molecular complexity index is 958. The van der Waals surface area contributed by atoms with E-state index in [1.165, 1.54) is 0 Å². The highest BCUT2D eigenvalue weighted by Crippen LogP contribution is 2.19. The second-order valence-electron chi connectivity index (χ2n) is 6.60. The third kappa shape index (κ3) is 4.09. The second-order valence-corrected chi connectivity index (χ2v) is 6.60. The Hall–Kier alpha value is -3.48. The van der Waals surface area contributed by atoms with E-state index in [2.05, 4.69) is 20.0 Å². The molecule has 2 aromatic heterocycles.